The highest BCUT2D eigenvalue weighted by Gasteiger charge is 2.08. The van der Waals surface area contributed by atoms with E-state index in [2.05, 4.69) is 5.32 Å². The minimum atomic E-state index is -0.0346. The molecule has 0 saturated heterocycles. The standard InChI is InChI=1S/C19H19NO3S/c1-2-22-16-5-3-14(4-6-16)11-19(21)20-12-17-7-8-18(23-17)15-9-10-24-13-15/h3-10,13H,2,11-12H2,1H3,(H,20,21). The molecule has 1 aromatic carbocycles. The number of carbonyl (C=O) groups excluding carboxylic acids is 1. The second kappa shape index (κ2) is 7.84. The van der Waals surface area contributed by atoms with E-state index in [9.17, 15) is 4.79 Å². The molecule has 3 aromatic rings. The van der Waals surface area contributed by atoms with Crippen LogP contribution in [0.4, 0.5) is 0 Å². The Morgan fingerprint density at radius 2 is 2.00 bits per heavy atom. The van der Waals surface area contributed by atoms with Crippen LogP contribution in [0.1, 0.15) is 18.2 Å². The Kier molecular flexibility index (Phi) is 5.33. The first-order valence-corrected chi connectivity index (χ1v) is 8.78. The number of rotatable bonds is 7. The van der Waals surface area contributed by atoms with E-state index in [1.165, 1.54) is 0 Å². The van der Waals surface area contributed by atoms with Crippen LogP contribution in [0, 0.1) is 0 Å². The molecule has 0 aliphatic carbocycles. The molecule has 2 aromatic heterocycles. The van der Waals surface area contributed by atoms with Crippen molar-refractivity contribution in [1.82, 2.24) is 5.32 Å². The molecule has 0 bridgehead atoms. The summed E-state index contributed by atoms with van der Waals surface area (Å²) < 4.78 is 11.1. The quantitative estimate of drug-likeness (QED) is 0.698. The van der Waals surface area contributed by atoms with Gasteiger partial charge in [0, 0.05) is 10.9 Å². The third kappa shape index (κ3) is 4.26. The fourth-order valence-electron chi connectivity index (χ4n) is 2.34. The summed E-state index contributed by atoms with van der Waals surface area (Å²) in [7, 11) is 0. The van der Waals surface area contributed by atoms with E-state index in [1.807, 2.05) is 60.1 Å². The Balaban J connectivity index is 1.50. The summed E-state index contributed by atoms with van der Waals surface area (Å²) >= 11 is 1.63. The molecule has 0 aliphatic heterocycles. The summed E-state index contributed by atoms with van der Waals surface area (Å²) in [6, 6.07) is 13.4. The smallest absolute Gasteiger partial charge is 0.224 e. The van der Waals surface area contributed by atoms with Gasteiger partial charge < -0.3 is 14.5 Å². The van der Waals surface area contributed by atoms with Crippen molar-refractivity contribution >= 4 is 17.2 Å². The van der Waals surface area contributed by atoms with E-state index in [4.69, 9.17) is 9.15 Å². The predicted molar refractivity (Wildman–Crippen MR) is 95.2 cm³/mol. The summed E-state index contributed by atoms with van der Waals surface area (Å²) in [5.74, 6) is 2.36. The van der Waals surface area contributed by atoms with Gasteiger partial charge in [-0.15, -0.1) is 0 Å². The van der Waals surface area contributed by atoms with E-state index in [1.54, 1.807) is 11.3 Å². The summed E-state index contributed by atoms with van der Waals surface area (Å²) in [6.07, 6.45) is 0.338. The first-order valence-electron chi connectivity index (χ1n) is 7.84. The van der Waals surface area contributed by atoms with Gasteiger partial charge in [0.1, 0.15) is 17.3 Å². The summed E-state index contributed by atoms with van der Waals surface area (Å²) in [5.41, 5.74) is 2.02. The zero-order valence-corrected chi connectivity index (χ0v) is 14.3. The third-order valence-corrected chi connectivity index (χ3v) is 4.21. The van der Waals surface area contributed by atoms with Gasteiger partial charge in [-0.1, -0.05) is 12.1 Å². The van der Waals surface area contributed by atoms with Crippen LogP contribution >= 0.6 is 11.3 Å². The fraction of sp³-hybridized carbons (Fsp3) is 0.211. The zero-order chi connectivity index (χ0) is 16.8. The molecular weight excluding hydrogens is 322 g/mol. The second-order valence-corrected chi connectivity index (χ2v) is 6.09. The van der Waals surface area contributed by atoms with Crippen LogP contribution in [0.3, 0.4) is 0 Å². The van der Waals surface area contributed by atoms with Gasteiger partial charge in [0.25, 0.3) is 0 Å². The number of amides is 1. The third-order valence-electron chi connectivity index (χ3n) is 3.53. The minimum Gasteiger partial charge on any atom is -0.494 e. The van der Waals surface area contributed by atoms with Gasteiger partial charge in [-0.3, -0.25) is 4.79 Å². The Labute approximate surface area is 145 Å². The van der Waals surface area contributed by atoms with Gasteiger partial charge in [-0.05, 0) is 48.2 Å². The SMILES string of the molecule is CCOc1ccc(CC(=O)NCc2ccc(-c3ccsc3)o2)cc1. The molecule has 0 radical (unpaired) electrons. The molecule has 0 spiro atoms. The molecule has 5 heteroatoms. The maximum Gasteiger partial charge on any atom is 0.224 e. The second-order valence-electron chi connectivity index (χ2n) is 5.31. The lowest BCUT2D eigenvalue weighted by atomic mass is 10.1. The summed E-state index contributed by atoms with van der Waals surface area (Å²) in [4.78, 5) is 12.0. The van der Waals surface area contributed by atoms with Gasteiger partial charge in [0.15, 0.2) is 0 Å². The number of carbonyl (C=O) groups is 1. The molecular formula is C19H19NO3S. The number of nitrogens with one attached hydrogen (secondary N) is 1. The van der Waals surface area contributed by atoms with Crippen LogP contribution in [0.2, 0.25) is 0 Å². The van der Waals surface area contributed by atoms with E-state index in [0.29, 0.717) is 19.6 Å². The maximum atomic E-state index is 12.0. The van der Waals surface area contributed by atoms with Crippen LogP contribution in [-0.4, -0.2) is 12.5 Å². The van der Waals surface area contributed by atoms with Crippen molar-refractivity contribution in [2.24, 2.45) is 0 Å². The highest BCUT2D eigenvalue weighted by molar-refractivity contribution is 7.08. The van der Waals surface area contributed by atoms with Crippen LogP contribution in [-0.2, 0) is 17.8 Å². The average molecular weight is 341 g/mol. The lowest BCUT2D eigenvalue weighted by Gasteiger charge is -2.06. The van der Waals surface area contributed by atoms with Gasteiger partial charge >= 0.3 is 0 Å². The van der Waals surface area contributed by atoms with E-state index in [-0.39, 0.29) is 5.91 Å². The predicted octanol–water partition coefficient (Wildman–Crippen LogP) is 4.27. The number of furan rings is 1. The van der Waals surface area contributed by atoms with Gasteiger partial charge in [0.05, 0.1) is 19.6 Å². The highest BCUT2D eigenvalue weighted by Crippen LogP contribution is 2.24. The van der Waals surface area contributed by atoms with Crippen LogP contribution in [0.5, 0.6) is 5.75 Å². The molecule has 0 aliphatic rings. The Bertz CT molecular complexity index is 775. The van der Waals surface area contributed by atoms with Gasteiger partial charge in [0.2, 0.25) is 5.91 Å². The van der Waals surface area contributed by atoms with Gasteiger partial charge in [-0.25, -0.2) is 0 Å². The molecule has 0 unspecified atom stereocenters. The lowest BCUT2D eigenvalue weighted by Crippen LogP contribution is -2.24. The number of hydrogen-bond acceptors (Lipinski definition) is 4. The molecule has 0 fully saturated rings. The Hall–Kier alpha value is -2.53. The van der Waals surface area contributed by atoms with Crippen molar-refractivity contribution in [2.75, 3.05) is 6.61 Å². The molecule has 1 amide bonds. The van der Waals surface area contributed by atoms with Crippen molar-refractivity contribution in [3.8, 4) is 17.1 Å². The van der Waals surface area contributed by atoms with Crippen LogP contribution in [0.15, 0.2) is 57.6 Å². The van der Waals surface area contributed by atoms with Crippen molar-refractivity contribution < 1.29 is 13.9 Å². The van der Waals surface area contributed by atoms with Crippen molar-refractivity contribution in [1.29, 1.82) is 0 Å². The zero-order valence-electron chi connectivity index (χ0n) is 13.5. The normalized spacial score (nSPS) is 10.5. The number of ether oxygens (including phenoxy) is 1. The van der Waals surface area contributed by atoms with E-state index >= 15 is 0 Å². The van der Waals surface area contributed by atoms with Crippen molar-refractivity contribution in [2.45, 2.75) is 19.9 Å². The lowest BCUT2D eigenvalue weighted by molar-refractivity contribution is -0.120. The van der Waals surface area contributed by atoms with E-state index in [0.717, 1.165) is 28.4 Å². The largest absolute Gasteiger partial charge is 0.494 e. The maximum absolute atomic E-state index is 12.0. The number of benzene rings is 1. The van der Waals surface area contributed by atoms with Crippen molar-refractivity contribution in [3.63, 3.8) is 0 Å². The summed E-state index contributed by atoms with van der Waals surface area (Å²) in [5, 5.41) is 6.93. The molecule has 124 valence electrons. The van der Waals surface area contributed by atoms with E-state index < -0.39 is 0 Å². The fourth-order valence-corrected chi connectivity index (χ4v) is 2.98. The molecule has 0 saturated carbocycles. The minimum absolute atomic E-state index is 0.0346. The molecule has 4 nitrogen and oxygen atoms in total. The Morgan fingerprint density at radius 1 is 1.17 bits per heavy atom. The van der Waals surface area contributed by atoms with Crippen LogP contribution < -0.4 is 10.1 Å². The Morgan fingerprint density at radius 3 is 2.71 bits per heavy atom. The number of hydrogen-bond donors (Lipinski definition) is 1. The first kappa shape index (κ1) is 16.3. The topological polar surface area (TPSA) is 51.5 Å². The number of thiophene rings is 1. The molecule has 2 heterocycles. The average Bonchev–Trinajstić information content (AvgIpc) is 3.26. The van der Waals surface area contributed by atoms with Crippen LogP contribution in [0.25, 0.3) is 11.3 Å². The molecule has 1 N–H and O–H groups in total. The first-order chi connectivity index (χ1) is 11.7. The monoisotopic (exact) mass is 341 g/mol. The molecule has 3 rings (SSSR count). The molecule has 0 atom stereocenters. The van der Waals surface area contributed by atoms with Crippen molar-refractivity contribution in [3.05, 3.63) is 64.5 Å². The summed E-state index contributed by atoms with van der Waals surface area (Å²) in [6.45, 7) is 2.97. The highest BCUT2D eigenvalue weighted by atomic mass is 32.1. The molecule has 24 heavy (non-hydrogen) atoms. The van der Waals surface area contributed by atoms with Gasteiger partial charge in [-0.2, -0.15) is 11.3 Å².